The van der Waals surface area contributed by atoms with E-state index in [9.17, 15) is 4.39 Å². The lowest BCUT2D eigenvalue weighted by Crippen LogP contribution is -2.44. The number of hydrogen-bond acceptors (Lipinski definition) is 5. The van der Waals surface area contributed by atoms with Crippen LogP contribution in [0.4, 0.5) is 10.3 Å². The van der Waals surface area contributed by atoms with E-state index >= 15 is 0 Å². The largest absolute Gasteiger partial charge is 0.338 e. The van der Waals surface area contributed by atoms with E-state index in [2.05, 4.69) is 41.2 Å². The van der Waals surface area contributed by atoms with Crippen LogP contribution in [0.1, 0.15) is 5.82 Å². The molecule has 0 spiro atoms. The molecule has 0 unspecified atom stereocenters. The smallest absolute Gasteiger partial charge is 0.229 e. The number of nitrogens with zero attached hydrogens (tertiary/aromatic N) is 5. The first-order valence-electron chi connectivity index (χ1n) is 7.11. The molecule has 0 amide bonds. The fraction of sp³-hybridized carbons (Fsp3) is 0.357. The number of aryl methyl sites for hydroxylation is 1. The van der Waals surface area contributed by atoms with E-state index in [0.29, 0.717) is 27.4 Å². The standard InChI is InChI=1S/C14H14BrFN6/c1-8-18-13-9-6-10(15)11(16)7-12(9)19-14(22(13)20-8)21-4-2-17-3-5-21/h6-7,17H,2-5H2,1H3. The van der Waals surface area contributed by atoms with E-state index in [4.69, 9.17) is 0 Å². The van der Waals surface area contributed by atoms with Gasteiger partial charge in [0.2, 0.25) is 5.95 Å². The Hall–Kier alpha value is -1.80. The fourth-order valence-electron chi connectivity index (χ4n) is 2.76. The van der Waals surface area contributed by atoms with E-state index < -0.39 is 0 Å². The molecule has 4 rings (SSSR count). The number of halogens is 2. The molecule has 0 bridgehead atoms. The molecule has 22 heavy (non-hydrogen) atoms. The molecule has 2 aromatic heterocycles. The van der Waals surface area contributed by atoms with Crippen LogP contribution >= 0.6 is 15.9 Å². The summed E-state index contributed by atoms with van der Waals surface area (Å²) in [4.78, 5) is 11.3. The Bertz CT molecular complexity index is 871. The Kier molecular flexibility index (Phi) is 3.23. The van der Waals surface area contributed by atoms with Gasteiger partial charge >= 0.3 is 0 Å². The molecule has 1 saturated heterocycles. The molecule has 0 saturated carbocycles. The van der Waals surface area contributed by atoms with Crippen molar-refractivity contribution >= 4 is 38.4 Å². The van der Waals surface area contributed by atoms with Gasteiger partial charge in [-0.05, 0) is 28.9 Å². The predicted molar refractivity (Wildman–Crippen MR) is 85.8 cm³/mol. The molecule has 1 aliphatic heterocycles. The zero-order valence-corrected chi connectivity index (χ0v) is 13.6. The van der Waals surface area contributed by atoms with Crippen molar-refractivity contribution in [3.05, 3.63) is 28.2 Å². The lowest BCUT2D eigenvalue weighted by atomic mass is 10.2. The quantitative estimate of drug-likeness (QED) is 0.714. The van der Waals surface area contributed by atoms with Gasteiger partial charge in [-0.2, -0.15) is 4.52 Å². The van der Waals surface area contributed by atoms with Crippen LogP contribution < -0.4 is 10.2 Å². The van der Waals surface area contributed by atoms with Crippen LogP contribution in [0, 0.1) is 12.7 Å². The molecule has 1 aliphatic rings. The number of aromatic nitrogens is 4. The van der Waals surface area contributed by atoms with E-state index in [0.717, 1.165) is 31.6 Å². The number of hydrogen-bond donors (Lipinski definition) is 1. The molecule has 1 aromatic carbocycles. The Morgan fingerprint density at radius 2 is 2.00 bits per heavy atom. The first-order chi connectivity index (χ1) is 10.6. The second-order valence-electron chi connectivity index (χ2n) is 5.33. The van der Waals surface area contributed by atoms with E-state index in [1.54, 1.807) is 10.6 Å². The number of anilines is 1. The summed E-state index contributed by atoms with van der Waals surface area (Å²) in [5.74, 6) is 1.06. The molecule has 114 valence electrons. The Labute approximate surface area is 134 Å². The second kappa shape index (κ2) is 5.13. The Morgan fingerprint density at radius 1 is 1.23 bits per heavy atom. The van der Waals surface area contributed by atoms with Crippen LogP contribution in [0.2, 0.25) is 0 Å². The van der Waals surface area contributed by atoms with Crippen LogP contribution in [0.3, 0.4) is 0 Å². The molecular formula is C14H14BrFN6. The molecule has 3 aromatic rings. The minimum atomic E-state index is -0.327. The van der Waals surface area contributed by atoms with Crippen LogP contribution in [0.5, 0.6) is 0 Å². The van der Waals surface area contributed by atoms with Crippen molar-refractivity contribution < 1.29 is 4.39 Å². The topological polar surface area (TPSA) is 58.4 Å². The van der Waals surface area contributed by atoms with Gasteiger partial charge in [0.05, 0.1) is 9.99 Å². The summed E-state index contributed by atoms with van der Waals surface area (Å²) in [6, 6.07) is 3.15. The Balaban J connectivity index is 2.03. The zero-order chi connectivity index (χ0) is 15.3. The lowest BCUT2D eigenvalue weighted by molar-refractivity contribution is 0.574. The molecule has 0 radical (unpaired) electrons. The summed E-state index contributed by atoms with van der Waals surface area (Å²) in [5.41, 5.74) is 1.30. The highest BCUT2D eigenvalue weighted by molar-refractivity contribution is 9.10. The number of rotatable bonds is 1. The van der Waals surface area contributed by atoms with Crippen molar-refractivity contribution in [1.82, 2.24) is 24.9 Å². The van der Waals surface area contributed by atoms with Crippen molar-refractivity contribution in [2.45, 2.75) is 6.92 Å². The highest BCUT2D eigenvalue weighted by Crippen LogP contribution is 2.27. The summed E-state index contributed by atoms with van der Waals surface area (Å²) >= 11 is 3.23. The second-order valence-corrected chi connectivity index (χ2v) is 6.18. The summed E-state index contributed by atoms with van der Waals surface area (Å²) in [7, 11) is 0. The van der Waals surface area contributed by atoms with Crippen LogP contribution in [0.15, 0.2) is 16.6 Å². The van der Waals surface area contributed by atoms with E-state index in [1.165, 1.54) is 6.07 Å². The van der Waals surface area contributed by atoms with E-state index in [-0.39, 0.29) is 5.82 Å². The van der Waals surface area contributed by atoms with Gasteiger partial charge in [-0.25, -0.2) is 14.4 Å². The molecule has 3 heterocycles. The molecule has 8 heteroatoms. The van der Waals surface area contributed by atoms with Gasteiger partial charge < -0.3 is 10.2 Å². The summed E-state index contributed by atoms with van der Waals surface area (Å²) in [6.07, 6.45) is 0. The highest BCUT2D eigenvalue weighted by atomic mass is 79.9. The van der Waals surface area contributed by atoms with Crippen LogP contribution in [-0.4, -0.2) is 45.8 Å². The maximum Gasteiger partial charge on any atom is 0.229 e. The van der Waals surface area contributed by atoms with Crippen molar-refractivity contribution in [2.75, 3.05) is 31.1 Å². The summed E-state index contributed by atoms with van der Waals surface area (Å²) in [6.45, 7) is 5.31. The molecule has 6 nitrogen and oxygen atoms in total. The predicted octanol–water partition coefficient (Wildman–Crippen LogP) is 1.90. The van der Waals surface area contributed by atoms with Crippen molar-refractivity contribution in [1.29, 1.82) is 0 Å². The third-order valence-electron chi connectivity index (χ3n) is 3.80. The number of piperazine rings is 1. The van der Waals surface area contributed by atoms with Crippen molar-refractivity contribution in [3.63, 3.8) is 0 Å². The summed E-state index contributed by atoms with van der Waals surface area (Å²) in [5, 5.41) is 8.56. The maximum atomic E-state index is 13.9. The fourth-order valence-corrected chi connectivity index (χ4v) is 3.10. The summed E-state index contributed by atoms with van der Waals surface area (Å²) < 4.78 is 16.0. The molecule has 1 fully saturated rings. The van der Waals surface area contributed by atoms with Gasteiger partial charge in [0, 0.05) is 37.6 Å². The van der Waals surface area contributed by atoms with Gasteiger partial charge in [-0.3, -0.25) is 0 Å². The monoisotopic (exact) mass is 364 g/mol. The number of fused-ring (bicyclic) bond motifs is 3. The van der Waals surface area contributed by atoms with Gasteiger partial charge in [0.25, 0.3) is 0 Å². The molecule has 1 N–H and O–H groups in total. The van der Waals surface area contributed by atoms with Gasteiger partial charge in [-0.1, -0.05) is 0 Å². The van der Waals surface area contributed by atoms with Gasteiger partial charge in [-0.15, -0.1) is 5.10 Å². The zero-order valence-electron chi connectivity index (χ0n) is 12.0. The minimum Gasteiger partial charge on any atom is -0.338 e. The van der Waals surface area contributed by atoms with E-state index in [1.807, 2.05) is 6.92 Å². The van der Waals surface area contributed by atoms with Gasteiger partial charge in [0.1, 0.15) is 11.6 Å². The maximum absolute atomic E-state index is 13.9. The van der Waals surface area contributed by atoms with Crippen LogP contribution in [0.25, 0.3) is 16.6 Å². The molecule has 0 aliphatic carbocycles. The SMILES string of the molecule is Cc1nc2c3cc(Br)c(F)cc3nc(N3CCNCC3)n2n1. The Morgan fingerprint density at radius 3 is 2.77 bits per heavy atom. The van der Waals surface area contributed by atoms with Crippen molar-refractivity contribution in [3.8, 4) is 0 Å². The number of nitrogens with one attached hydrogen (secondary N) is 1. The average Bonchev–Trinajstić information content (AvgIpc) is 2.91. The lowest BCUT2D eigenvalue weighted by Gasteiger charge is -2.28. The third-order valence-corrected chi connectivity index (χ3v) is 4.41. The van der Waals surface area contributed by atoms with Crippen molar-refractivity contribution in [2.24, 2.45) is 0 Å². The highest BCUT2D eigenvalue weighted by Gasteiger charge is 2.20. The molecular weight excluding hydrogens is 351 g/mol. The normalized spacial score (nSPS) is 15.9. The van der Waals surface area contributed by atoms with Crippen LogP contribution in [-0.2, 0) is 0 Å². The first-order valence-corrected chi connectivity index (χ1v) is 7.90. The number of benzene rings is 1. The average molecular weight is 365 g/mol. The first kappa shape index (κ1) is 13.8. The molecule has 0 atom stereocenters. The third kappa shape index (κ3) is 2.14. The van der Waals surface area contributed by atoms with Gasteiger partial charge in [0.15, 0.2) is 5.65 Å². The minimum absolute atomic E-state index is 0.327.